The Morgan fingerprint density at radius 3 is 2.62 bits per heavy atom. The van der Waals surface area contributed by atoms with Crippen LogP contribution in [0.15, 0.2) is 48.5 Å². The first kappa shape index (κ1) is 21.6. The minimum Gasteiger partial charge on any atom is -0.497 e. The number of fused-ring (bicyclic) bond motifs is 3. The zero-order valence-electron chi connectivity index (χ0n) is 18.9. The fourth-order valence-electron chi connectivity index (χ4n) is 3.84. The summed E-state index contributed by atoms with van der Waals surface area (Å²) in [5.74, 6) is 1.14. The van der Waals surface area contributed by atoms with E-state index in [4.69, 9.17) is 14.5 Å². The van der Waals surface area contributed by atoms with E-state index in [2.05, 4.69) is 15.2 Å². The second-order valence-electron chi connectivity index (χ2n) is 7.93. The Bertz CT molecular complexity index is 1260. The smallest absolute Gasteiger partial charge is 0.269 e. The van der Waals surface area contributed by atoms with Crippen LogP contribution >= 0.6 is 0 Å². The summed E-state index contributed by atoms with van der Waals surface area (Å²) in [6.45, 7) is 1.49. The number of benzene rings is 2. The van der Waals surface area contributed by atoms with Gasteiger partial charge in [-0.05, 0) is 57.4 Å². The van der Waals surface area contributed by atoms with Crippen molar-refractivity contribution < 1.29 is 14.3 Å². The Morgan fingerprint density at radius 2 is 1.88 bits per heavy atom. The molecule has 0 unspecified atom stereocenters. The third kappa shape index (κ3) is 4.24. The quantitative estimate of drug-likeness (QED) is 0.410. The van der Waals surface area contributed by atoms with Crippen LogP contribution in [-0.4, -0.2) is 62.2 Å². The first-order valence-corrected chi connectivity index (χ1v) is 10.6. The number of nitrogens with one attached hydrogen (secondary N) is 2. The third-order valence-electron chi connectivity index (χ3n) is 5.46. The van der Waals surface area contributed by atoms with Gasteiger partial charge in [0.2, 0.25) is 0 Å². The number of methoxy groups -OCH3 is 2. The summed E-state index contributed by atoms with van der Waals surface area (Å²) < 4.78 is 11.0. The van der Waals surface area contributed by atoms with Crippen molar-refractivity contribution >= 4 is 27.7 Å². The highest BCUT2D eigenvalue weighted by Crippen LogP contribution is 2.38. The summed E-state index contributed by atoms with van der Waals surface area (Å²) in [4.78, 5) is 23.3. The van der Waals surface area contributed by atoms with Gasteiger partial charge in [-0.1, -0.05) is 18.2 Å². The number of pyridine rings is 1. The lowest BCUT2D eigenvalue weighted by molar-refractivity contribution is 0.0947. The SMILES string of the molecule is COc1ccc(OC)c(-c2nc(C(=O)NCCCN(C)C)cc3c2[nH]c2ccccc23)c1. The Hall–Kier alpha value is -3.58. The average molecular weight is 433 g/mol. The normalized spacial score (nSPS) is 11.3. The number of aromatic nitrogens is 2. The largest absolute Gasteiger partial charge is 0.497 e. The predicted octanol–water partition coefficient (Wildman–Crippen LogP) is 4.08. The molecule has 1 amide bonds. The van der Waals surface area contributed by atoms with Gasteiger partial charge in [-0.25, -0.2) is 4.98 Å². The lowest BCUT2D eigenvalue weighted by atomic mass is 10.0. The molecular formula is C25H28N4O3. The van der Waals surface area contributed by atoms with Gasteiger partial charge in [-0.15, -0.1) is 0 Å². The first-order valence-electron chi connectivity index (χ1n) is 10.6. The van der Waals surface area contributed by atoms with Gasteiger partial charge in [-0.2, -0.15) is 0 Å². The van der Waals surface area contributed by atoms with Gasteiger partial charge >= 0.3 is 0 Å². The van der Waals surface area contributed by atoms with E-state index in [1.807, 2.05) is 62.6 Å². The van der Waals surface area contributed by atoms with E-state index >= 15 is 0 Å². The molecule has 0 bridgehead atoms. The van der Waals surface area contributed by atoms with E-state index in [1.54, 1.807) is 14.2 Å². The first-order chi connectivity index (χ1) is 15.5. The van der Waals surface area contributed by atoms with Crippen molar-refractivity contribution in [1.29, 1.82) is 0 Å². The number of rotatable bonds is 8. The van der Waals surface area contributed by atoms with E-state index in [0.717, 1.165) is 40.3 Å². The van der Waals surface area contributed by atoms with Crippen LogP contribution in [0, 0.1) is 0 Å². The van der Waals surface area contributed by atoms with Crippen molar-refractivity contribution in [3.8, 4) is 22.8 Å². The summed E-state index contributed by atoms with van der Waals surface area (Å²) in [6, 6.07) is 15.4. The van der Waals surface area contributed by atoms with Gasteiger partial charge in [-0.3, -0.25) is 4.79 Å². The van der Waals surface area contributed by atoms with Gasteiger partial charge in [0.15, 0.2) is 0 Å². The summed E-state index contributed by atoms with van der Waals surface area (Å²) in [7, 11) is 7.27. The van der Waals surface area contributed by atoms with Crippen molar-refractivity contribution in [2.45, 2.75) is 6.42 Å². The maximum absolute atomic E-state index is 13.0. The van der Waals surface area contributed by atoms with E-state index < -0.39 is 0 Å². The molecule has 0 fully saturated rings. The number of para-hydroxylation sites is 1. The molecule has 0 atom stereocenters. The highest BCUT2D eigenvalue weighted by atomic mass is 16.5. The molecule has 0 aliphatic rings. The molecule has 0 spiro atoms. The molecule has 2 N–H and O–H groups in total. The van der Waals surface area contributed by atoms with Crippen LogP contribution in [0.2, 0.25) is 0 Å². The van der Waals surface area contributed by atoms with Gasteiger partial charge in [0.05, 0.1) is 25.4 Å². The summed E-state index contributed by atoms with van der Waals surface area (Å²) >= 11 is 0. The molecule has 2 heterocycles. The Labute approximate surface area is 187 Å². The fraction of sp³-hybridized carbons (Fsp3) is 0.280. The second-order valence-corrected chi connectivity index (χ2v) is 7.93. The molecule has 166 valence electrons. The van der Waals surface area contributed by atoms with Crippen LogP contribution in [0.25, 0.3) is 33.1 Å². The van der Waals surface area contributed by atoms with Crippen molar-refractivity contribution in [1.82, 2.24) is 20.2 Å². The van der Waals surface area contributed by atoms with Crippen molar-refractivity contribution in [3.05, 3.63) is 54.2 Å². The van der Waals surface area contributed by atoms with E-state index in [9.17, 15) is 4.79 Å². The molecule has 32 heavy (non-hydrogen) atoms. The number of ether oxygens (including phenoxy) is 2. The van der Waals surface area contributed by atoms with Crippen LogP contribution in [0.3, 0.4) is 0 Å². The fourth-order valence-corrected chi connectivity index (χ4v) is 3.84. The highest BCUT2D eigenvalue weighted by molar-refractivity contribution is 6.13. The number of hydrogen-bond acceptors (Lipinski definition) is 5. The van der Waals surface area contributed by atoms with Gasteiger partial charge in [0.25, 0.3) is 5.91 Å². The maximum Gasteiger partial charge on any atom is 0.269 e. The Morgan fingerprint density at radius 1 is 1.06 bits per heavy atom. The van der Waals surface area contributed by atoms with Gasteiger partial charge < -0.3 is 24.7 Å². The minimum atomic E-state index is -0.195. The number of carbonyl (C=O) groups is 1. The molecule has 7 heteroatoms. The molecule has 0 aliphatic heterocycles. The van der Waals surface area contributed by atoms with Crippen LogP contribution in [0.5, 0.6) is 11.5 Å². The topological polar surface area (TPSA) is 79.5 Å². The van der Waals surface area contributed by atoms with Crippen LogP contribution < -0.4 is 14.8 Å². The summed E-state index contributed by atoms with van der Waals surface area (Å²) in [5.41, 5.74) is 3.60. The standard InChI is InChI=1S/C25H28N4O3/c1-29(2)13-7-12-26-25(30)21-15-18-17-8-5-6-9-20(17)27-23(18)24(28-21)19-14-16(31-3)10-11-22(19)32-4/h5-6,8-11,14-15,27H,7,12-13H2,1-4H3,(H,26,30). The molecular weight excluding hydrogens is 404 g/mol. The molecule has 0 aliphatic carbocycles. The summed E-state index contributed by atoms with van der Waals surface area (Å²) in [6.07, 6.45) is 0.866. The summed E-state index contributed by atoms with van der Waals surface area (Å²) in [5, 5.41) is 4.97. The zero-order chi connectivity index (χ0) is 22.7. The molecule has 7 nitrogen and oxygen atoms in total. The van der Waals surface area contributed by atoms with Crippen molar-refractivity contribution in [2.75, 3.05) is 41.4 Å². The third-order valence-corrected chi connectivity index (χ3v) is 5.46. The zero-order valence-corrected chi connectivity index (χ0v) is 18.9. The number of amides is 1. The maximum atomic E-state index is 13.0. The van der Waals surface area contributed by atoms with Crippen molar-refractivity contribution in [2.24, 2.45) is 0 Å². The van der Waals surface area contributed by atoms with E-state index in [1.165, 1.54) is 0 Å². The monoisotopic (exact) mass is 432 g/mol. The van der Waals surface area contributed by atoms with Crippen LogP contribution in [-0.2, 0) is 0 Å². The molecule has 0 radical (unpaired) electrons. The Kier molecular flexibility index (Phi) is 6.28. The number of carbonyl (C=O) groups excluding carboxylic acids is 1. The second kappa shape index (κ2) is 9.28. The molecule has 4 rings (SSSR count). The number of H-pyrrole nitrogens is 1. The lowest BCUT2D eigenvalue weighted by Gasteiger charge is -2.13. The number of hydrogen-bond donors (Lipinski definition) is 2. The minimum absolute atomic E-state index is 0.195. The van der Waals surface area contributed by atoms with Gasteiger partial charge in [0.1, 0.15) is 17.2 Å². The van der Waals surface area contributed by atoms with Crippen LogP contribution in [0.1, 0.15) is 16.9 Å². The molecule has 2 aromatic carbocycles. The Balaban J connectivity index is 1.85. The molecule has 0 saturated carbocycles. The number of aromatic amines is 1. The van der Waals surface area contributed by atoms with Crippen molar-refractivity contribution in [3.63, 3.8) is 0 Å². The predicted molar refractivity (Wildman–Crippen MR) is 128 cm³/mol. The van der Waals surface area contributed by atoms with Crippen LogP contribution in [0.4, 0.5) is 0 Å². The average Bonchev–Trinajstić information content (AvgIpc) is 3.19. The lowest BCUT2D eigenvalue weighted by Crippen LogP contribution is -2.27. The molecule has 4 aromatic rings. The number of nitrogens with zero attached hydrogens (tertiary/aromatic N) is 2. The molecule has 2 aromatic heterocycles. The van der Waals surface area contributed by atoms with E-state index in [-0.39, 0.29) is 5.91 Å². The van der Waals surface area contributed by atoms with Gasteiger partial charge in [0, 0.05) is 28.4 Å². The van der Waals surface area contributed by atoms with E-state index in [0.29, 0.717) is 29.4 Å². The molecule has 0 saturated heterocycles. The highest BCUT2D eigenvalue weighted by Gasteiger charge is 2.19.